The highest BCUT2D eigenvalue weighted by Gasteiger charge is 2.42. The van der Waals surface area contributed by atoms with Crippen LogP contribution in [0.25, 0.3) is 0 Å². The Labute approximate surface area is 214 Å². The summed E-state index contributed by atoms with van der Waals surface area (Å²) in [6.07, 6.45) is -0.899. The third-order valence-corrected chi connectivity index (χ3v) is 5.28. The number of alkyl halides is 3. The summed E-state index contributed by atoms with van der Waals surface area (Å²) in [5, 5.41) is 3.22. The van der Waals surface area contributed by atoms with Crippen molar-refractivity contribution in [1.29, 1.82) is 0 Å². The lowest BCUT2D eigenvalue weighted by Crippen LogP contribution is -2.37. The lowest BCUT2D eigenvalue weighted by molar-refractivity contribution is -0.201. The van der Waals surface area contributed by atoms with Gasteiger partial charge >= 0.3 is 18.1 Å². The minimum atomic E-state index is -5.20. The zero-order chi connectivity index (χ0) is 27.4. The van der Waals surface area contributed by atoms with Crippen LogP contribution in [0.3, 0.4) is 0 Å². The number of aromatic nitrogens is 1. The molecule has 1 heterocycles. The van der Waals surface area contributed by atoms with Crippen LogP contribution in [0.2, 0.25) is 0 Å². The molecule has 2 aromatic rings. The molecular formula is C26H32F3N3O5. The Morgan fingerprint density at radius 2 is 1.76 bits per heavy atom. The molecule has 0 spiro atoms. The Hall–Kier alpha value is -3.63. The summed E-state index contributed by atoms with van der Waals surface area (Å²) >= 11 is 0. The molecule has 0 bridgehead atoms. The molecule has 0 saturated heterocycles. The van der Waals surface area contributed by atoms with Gasteiger partial charge in [-0.25, -0.2) is 4.79 Å². The van der Waals surface area contributed by atoms with Crippen molar-refractivity contribution >= 4 is 23.5 Å². The van der Waals surface area contributed by atoms with E-state index in [1.165, 1.54) is 0 Å². The van der Waals surface area contributed by atoms with Gasteiger partial charge in [0.2, 0.25) is 0 Å². The molecule has 1 aromatic carbocycles. The number of carbonyl (C=O) groups excluding carboxylic acids is 3. The largest absolute Gasteiger partial charge is 0.492 e. The van der Waals surface area contributed by atoms with Crippen molar-refractivity contribution in [2.24, 2.45) is 0 Å². The van der Waals surface area contributed by atoms with Gasteiger partial charge in [-0.15, -0.1) is 0 Å². The second-order valence-electron chi connectivity index (χ2n) is 8.71. The average molecular weight is 524 g/mol. The molecule has 0 unspecified atom stereocenters. The number of nitrogens with one attached hydrogen (secondary N) is 1. The molecule has 1 N–H and O–H groups in total. The van der Waals surface area contributed by atoms with Crippen LogP contribution in [-0.4, -0.2) is 59.6 Å². The van der Waals surface area contributed by atoms with Crippen LogP contribution in [0.15, 0.2) is 42.7 Å². The normalized spacial score (nSPS) is 11.2. The lowest BCUT2D eigenvalue weighted by atomic mass is 10.1. The van der Waals surface area contributed by atoms with Gasteiger partial charge in [-0.1, -0.05) is 6.42 Å². The molecule has 0 atom stereocenters. The van der Waals surface area contributed by atoms with Gasteiger partial charge in [0.15, 0.2) is 0 Å². The first-order valence-electron chi connectivity index (χ1n) is 12.0. The van der Waals surface area contributed by atoms with Crippen LogP contribution in [0.5, 0.6) is 5.75 Å². The fourth-order valence-electron chi connectivity index (χ4n) is 3.49. The molecule has 1 aromatic heterocycles. The first kappa shape index (κ1) is 29.6. The Morgan fingerprint density at radius 3 is 2.41 bits per heavy atom. The molecule has 0 radical (unpaired) electrons. The third-order valence-electron chi connectivity index (χ3n) is 5.28. The molecule has 11 heteroatoms. The van der Waals surface area contributed by atoms with Crippen LogP contribution in [0.1, 0.15) is 55.5 Å². The monoisotopic (exact) mass is 523 g/mol. The minimum Gasteiger partial charge on any atom is -0.492 e. The minimum absolute atomic E-state index is 0.101. The van der Waals surface area contributed by atoms with Gasteiger partial charge in [0.05, 0.1) is 0 Å². The molecule has 1 amide bonds. The maximum absolute atomic E-state index is 13.2. The number of hydrogen-bond donors (Lipinski definition) is 1. The first-order valence-corrected chi connectivity index (χ1v) is 12.0. The van der Waals surface area contributed by atoms with Crippen molar-refractivity contribution in [2.75, 3.05) is 25.0 Å². The summed E-state index contributed by atoms with van der Waals surface area (Å²) in [6, 6.07) is 8.94. The van der Waals surface area contributed by atoms with Crippen molar-refractivity contribution in [3.05, 3.63) is 53.9 Å². The van der Waals surface area contributed by atoms with Crippen molar-refractivity contribution < 1.29 is 37.0 Å². The van der Waals surface area contributed by atoms with E-state index in [2.05, 4.69) is 15.0 Å². The molecule has 0 aliphatic rings. The van der Waals surface area contributed by atoms with Gasteiger partial charge < -0.3 is 19.7 Å². The van der Waals surface area contributed by atoms with Crippen molar-refractivity contribution in [3.63, 3.8) is 0 Å². The number of amides is 1. The number of carbonyl (C=O) groups is 3. The summed E-state index contributed by atoms with van der Waals surface area (Å²) in [5.41, 5.74) is 2.29. The van der Waals surface area contributed by atoms with E-state index in [0.29, 0.717) is 43.9 Å². The van der Waals surface area contributed by atoms with E-state index in [-0.39, 0.29) is 24.8 Å². The molecular weight excluding hydrogens is 491 g/mol. The zero-order valence-electron chi connectivity index (χ0n) is 21.1. The molecule has 0 saturated carbocycles. The topological polar surface area (TPSA) is 97.8 Å². The third kappa shape index (κ3) is 10.5. The number of halogens is 3. The van der Waals surface area contributed by atoms with Crippen LogP contribution in [-0.2, 0) is 14.3 Å². The second kappa shape index (κ2) is 14.2. The lowest BCUT2D eigenvalue weighted by Gasteiger charge is -2.27. The first-order chi connectivity index (χ1) is 17.5. The van der Waals surface area contributed by atoms with Crippen LogP contribution >= 0.6 is 0 Å². The van der Waals surface area contributed by atoms with Gasteiger partial charge in [0, 0.05) is 49.2 Å². The number of ether oxygens (including phenoxy) is 2. The molecule has 2 rings (SSSR count). The van der Waals surface area contributed by atoms with Gasteiger partial charge in [-0.3, -0.25) is 14.6 Å². The van der Waals surface area contributed by atoms with Gasteiger partial charge in [0.1, 0.15) is 12.4 Å². The fraction of sp³-hybridized carbons (Fsp3) is 0.462. The molecule has 0 aliphatic heterocycles. The average Bonchev–Trinajstić information content (AvgIpc) is 2.83. The molecule has 0 fully saturated rings. The Bertz CT molecular complexity index is 1050. The van der Waals surface area contributed by atoms with Crippen LogP contribution in [0, 0.1) is 6.92 Å². The highest BCUT2D eigenvalue weighted by molar-refractivity contribution is 5.95. The number of pyridine rings is 1. The van der Waals surface area contributed by atoms with Crippen LogP contribution in [0.4, 0.5) is 18.9 Å². The standard InChI is InChI=1S/C26H32F3N3O5/c1-18(2)32(13-6-4-5-7-23(33)37-25(35)26(27,28)29)24(34)20-15-19(3)16-22(17-20)36-14-12-31-21-8-10-30-11-9-21/h8-11,15-18H,4-7,12-14H2,1-3H3,(H,30,31). The maximum Gasteiger partial charge on any atom is 0.491 e. The summed E-state index contributed by atoms with van der Waals surface area (Å²) in [5.74, 6) is -3.33. The molecule has 37 heavy (non-hydrogen) atoms. The highest BCUT2D eigenvalue weighted by atomic mass is 19.4. The van der Waals surface area contributed by atoms with E-state index in [1.54, 1.807) is 29.4 Å². The number of unbranched alkanes of at least 4 members (excludes halogenated alkanes) is 2. The smallest absolute Gasteiger partial charge is 0.491 e. The quantitative estimate of drug-likeness (QED) is 0.226. The van der Waals surface area contributed by atoms with Crippen molar-refractivity contribution in [3.8, 4) is 5.75 Å². The fourth-order valence-corrected chi connectivity index (χ4v) is 3.49. The van der Waals surface area contributed by atoms with E-state index >= 15 is 0 Å². The van der Waals surface area contributed by atoms with Gasteiger partial charge in [-0.05, 0) is 69.5 Å². The number of esters is 2. The number of nitrogens with zero attached hydrogens (tertiary/aromatic N) is 2. The highest BCUT2D eigenvalue weighted by Crippen LogP contribution is 2.20. The number of rotatable bonds is 13. The number of benzene rings is 1. The van der Waals surface area contributed by atoms with Gasteiger partial charge in [0.25, 0.3) is 5.91 Å². The summed E-state index contributed by atoms with van der Waals surface area (Å²) < 4.78 is 46.0. The van der Waals surface area contributed by atoms with Gasteiger partial charge in [-0.2, -0.15) is 13.2 Å². The van der Waals surface area contributed by atoms with E-state index in [4.69, 9.17) is 4.74 Å². The Morgan fingerprint density at radius 1 is 1.05 bits per heavy atom. The SMILES string of the molecule is Cc1cc(OCCNc2ccncc2)cc(C(=O)N(CCCCCC(=O)OC(=O)C(F)(F)F)C(C)C)c1. The number of anilines is 1. The van der Waals surface area contributed by atoms with E-state index in [1.807, 2.05) is 39.0 Å². The molecule has 0 aliphatic carbocycles. The summed E-state index contributed by atoms with van der Waals surface area (Å²) in [7, 11) is 0. The van der Waals surface area contributed by atoms with E-state index in [0.717, 1.165) is 11.3 Å². The Balaban J connectivity index is 1.84. The number of hydrogen-bond acceptors (Lipinski definition) is 7. The Kier molecular flexibility index (Phi) is 11.4. The van der Waals surface area contributed by atoms with E-state index < -0.39 is 18.1 Å². The zero-order valence-corrected chi connectivity index (χ0v) is 21.1. The second-order valence-corrected chi connectivity index (χ2v) is 8.71. The van der Waals surface area contributed by atoms with Crippen LogP contribution < -0.4 is 10.1 Å². The predicted molar refractivity (Wildman–Crippen MR) is 131 cm³/mol. The van der Waals surface area contributed by atoms with Crippen molar-refractivity contribution in [1.82, 2.24) is 9.88 Å². The van der Waals surface area contributed by atoms with Crippen molar-refractivity contribution in [2.45, 2.75) is 58.7 Å². The maximum atomic E-state index is 13.2. The summed E-state index contributed by atoms with van der Waals surface area (Å²) in [4.78, 5) is 41.0. The molecule has 8 nitrogen and oxygen atoms in total. The van der Waals surface area contributed by atoms with E-state index in [9.17, 15) is 27.6 Å². The summed E-state index contributed by atoms with van der Waals surface area (Å²) in [6.45, 7) is 7.00. The number of aryl methyl sites for hydroxylation is 1. The predicted octanol–water partition coefficient (Wildman–Crippen LogP) is 4.92. The molecule has 202 valence electrons.